The molecule has 2 fully saturated rings. The third kappa shape index (κ3) is 3.82. The zero-order chi connectivity index (χ0) is 23.1. The Labute approximate surface area is 187 Å². The molecule has 1 unspecified atom stereocenters. The van der Waals surface area contributed by atoms with E-state index < -0.39 is 28.7 Å². The van der Waals surface area contributed by atoms with E-state index in [9.17, 15) is 24.8 Å². The Morgan fingerprint density at radius 3 is 2.45 bits per heavy atom. The first-order valence-electron chi connectivity index (χ1n) is 10.4. The molecule has 11 heteroatoms. The first-order chi connectivity index (χ1) is 15.9. The van der Waals surface area contributed by atoms with Crippen molar-refractivity contribution in [3.05, 3.63) is 70.4 Å². The number of amides is 2. The number of hydrogen-bond acceptors (Lipinski definition) is 8. The van der Waals surface area contributed by atoms with E-state index in [2.05, 4.69) is 5.27 Å². The Morgan fingerprint density at radius 1 is 1.12 bits per heavy atom. The molecule has 11 nitrogen and oxygen atoms in total. The van der Waals surface area contributed by atoms with Crippen LogP contribution in [0.4, 0.5) is 11.4 Å². The Bertz CT molecular complexity index is 1220. The highest BCUT2D eigenvalue weighted by Crippen LogP contribution is 2.36. The van der Waals surface area contributed by atoms with Crippen molar-refractivity contribution in [1.82, 2.24) is 10.2 Å². The molecule has 2 heterocycles. The number of imide groups is 1. The summed E-state index contributed by atoms with van der Waals surface area (Å²) >= 11 is 0. The van der Waals surface area contributed by atoms with E-state index in [0.717, 1.165) is 17.7 Å². The van der Waals surface area contributed by atoms with Crippen LogP contribution < -0.4 is 14.7 Å². The molecule has 0 N–H and O–H groups in total. The van der Waals surface area contributed by atoms with E-state index >= 15 is 0 Å². The number of anilines is 1. The van der Waals surface area contributed by atoms with Gasteiger partial charge in [-0.15, -0.1) is 0 Å². The summed E-state index contributed by atoms with van der Waals surface area (Å²) in [6, 6.07) is 13.6. The summed E-state index contributed by atoms with van der Waals surface area (Å²) < 4.78 is 6.31. The maximum atomic E-state index is 13.3. The predicted octanol–water partition coefficient (Wildman–Crippen LogP) is 1.23. The Kier molecular flexibility index (Phi) is 5.09. The van der Waals surface area contributed by atoms with Crippen LogP contribution in [0, 0.1) is 10.1 Å². The van der Waals surface area contributed by atoms with Gasteiger partial charge in [-0.1, -0.05) is 18.2 Å². The van der Waals surface area contributed by atoms with Gasteiger partial charge in [-0.05, 0) is 29.7 Å². The topological polar surface area (TPSA) is 137 Å². The van der Waals surface area contributed by atoms with Crippen LogP contribution in [0.15, 0.2) is 59.1 Å². The maximum absolute atomic E-state index is 13.3. The number of para-hydroxylation sites is 1. The fraction of sp³-hybridized carbons (Fsp3) is 0.273. The van der Waals surface area contributed by atoms with Crippen LogP contribution in [0.25, 0.3) is 5.69 Å². The minimum Gasteiger partial charge on any atom is -0.539 e. The highest BCUT2D eigenvalue weighted by molar-refractivity contribution is 6.22. The molecule has 33 heavy (non-hydrogen) atoms. The van der Waals surface area contributed by atoms with Gasteiger partial charge >= 0.3 is 0 Å². The van der Waals surface area contributed by atoms with Gasteiger partial charge in [0.05, 0.1) is 34.9 Å². The summed E-state index contributed by atoms with van der Waals surface area (Å²) in [7, 11) is 0. The fourth-order valence-electron chi connectivity index (χ4n) is 4.11. The van der Waals surface area contributed by atoms with Crippen LogP contribution in [0.2, 0.25) is 0 Å². The van der Waals surface area contributed by atoms with Gasteiger partial charge in [-0.3, -0.25) is 24.6 Å². The zero-order valence-corrected chi connectivity index (χ0v) is 17.4. The number of non-ortho nitro benzene ring substituents is 1. The van der Waals surface area contributed by atoms with Crippen molar-refractivity contribution in [2.75, 3.05) is 4.90 Å². The number of carbonyl (C=O) groups is 2. The molecule has 1 aromatic heterocycles. The Balaban J connectivity index is 1.42. The van der Waals surface area contributed by atoms with Gasteiger partial charge < -0.3 is 9.63 Å². The average molecular weight is 449 g/mol. The molecule has 0 radical (unpaired) electrons. The lowest BCUT2D eigenvalue weighted by atomic mass is 10.2. The quantitative estimate of drug-likeness (QED) is 0.227. The summed E-state index contributed by atoms with van der Waals surface area (Å²) in [5.74, 6) is -1.42. The van der Waals surface area contributed by atoms with Crippen molar-refractivity contribution < 1.29 is 28.8 Å². The number of benzene rings is 2. The number of nitro benzene ring substituents is 1. The lowest BCUT2D eigenvalue weighted by molar-refractivity contribution is -0.678. The molecule has 5 rings (SSSR count). The van der Waals surface area contributed by atoms with Crippen LogP contribution in [-0.4, -0.2) is 39.0 Å². The minimum atomic E-state index is -0.751. The fourth-order valence-corrected chi connectivity index (χ4v) is 4.11. The van der Waals surface area contributed by atoms with Gasteiger partial charge in [0.1, 0.15) is 0 Å². The van der Waals surface area contributed by atoms with Crippen molar-refractivity contribution in [3.63, 3.8) is 0 Å². The van der Waals surface area contributed by atoms with Gasteiger partial charge in [-0.25, -0.2) is 4.90 Å². The zero-order valence-electron chi connectivity index (χ0n) is 17.4. The smallest absolute Gasteiger partial charge is 0.269 e. The lowest BCUT2D eigenvalue weighted by Crippen LogP contribution is -2.46. The average Bonchev–Trinajstić information content (AvgIpc) is 3.53. The lowest BCUT2D eigenvalue weighted by Gasteiger charge is -2.25. The molecule has 1 aliphatic heterocycles. The van der Waals surface area contributed by atoms with Crippen molar-refractivity contribution >= 4 is 23.2 Å². The van der Waals surface area contributed by atoms with E-state index in [4.69, 9.17) is 4.52 Å². The van der Waals surface area contributed by atoms with Crippen molar-refractivity contribution in [3.8, 4) is 11.6 Å². The minimum absolute atomic E-state index is 0.0445. The van der Waals surface area contributed by atoms with Crippen molar-refractivity contribution in [1.29, 1.82) is 0 Å². The van der Waals surface area contributed by atoms with E-state index in [0.29, 0.717) is 5.69 Å². The molecule has 2 aliphatic rings. The van der Waals surface area contributed by atoms with Crippen LogP contribution in [0.5, 0.6) is 5.95 Å². The molecular weight excluding hydrogens is 430 g/mol. The van der Waals surface area contributed by atoms with E-state index in [1.54, 1.807) is 12.1 Å². The molecule has 1 saturated carbocycles. The number of nitrogens with zero attached hydrogens (tertiary/aromatic N) is 5. The third-order valence-electron chi connectivity index (χ3n) is 5.89. The largest absolute Gasteiger partial charge is 0.539 e. The molecule has 3 aromatic rings. The second-order valence-electron chi connectivity index (χ2n) is 8.02. The number of carbonyl (C=O) groups excluding carboxylic acids is 2. The number of hydrogen-bond donors (Lipinski definition) is 0. The van der Waals surface area contributed by atoms with Crippen molar-refractivity contribution in [2.24, 2.45) is 0 Å². The second-order valence-corrected chi connectivity index (χ2v) is 8.02. The normalized spacial score (nSPS) is 18.3. The SMILES string of the molecule is O=C1CC(N(Cc2c([O-])on[n+]2-c2ccccc2)C2CC2)C(=O)N1c1ccc([N+](=O)[O-])cc1. The molecule has 1 aliphatic carbocycles. The van der Waals surface area contributed by atoms with Gasteiger partial charge in [0.2, 0.25) is 11.6 Å². The highest BCUT2D eigenvalue weighted by atomic mass is 16.6. The molecule has 2 aromatic carbocycles. The van der Waals surface area contributed by atoms with Crippen LogP contribution >= 0.6 is 0 Å². The predicted molar refractivity (Wildman–Crippen MR) is 110 cm³/mol. The van der Waals surface area contributed by atoms with Crippen LogP contribution in [0.1, 0.15) is 25.0 Å². The van der Waals surface area contributed by atoms with Crippen LogP contribution in [0.3, 0.4) is 0 Å². The standard InChI is InChI=1S/C22H19N5O6/c28-20-12-18(21(29)25(20)15-8-10-17(11-9-15)27(31)32)24(14-6-7-14)13-19-22(30)33-23-26(19)16-4-2-1-3-5-16/h1-5,8-11,14,18H,6-7,12-13H2. The summed E-state index contributed by atoms with van der Waals surface area (Å²) in [6.45, 7) is 0.0969. The Hall–Kier alpha value is -4.12. The van der Waals surface area contributed by atoms with E-state index in [-0.39, 0.29) is 36.1 Å². The molecule has 168 valence electrons. The Morgan fingerprint density at radius 2 is 1.82 bits per heavy atom. The van der Waals surface area contributed by atoms with E-state index in [1.165, 1.54) is 28.9 Å². The molecule has 2 amide bonds. The maximum Gasteiger partial charge on any atom is 0.269 e. The summed E-state index contributed by atoms with van der Waals surface area (Å²) in [4.78, 5) is 39.3. The van der Waals surface area contributed by atoms with Gasteiger partial charge in [-0.2, -0.15) is 0 Å². The molecule has 1 saturated heterocycles. The van der Waals surface area contributed by atoms with Crippen LogP contribution in [-0.2, 0) is 16.1 Å². The molecule has 1 atom stereocenters. The molecule has 0 bridgehead atoms. The van der Waals surface area contributed by atoms with Crippen molar-refractivity contribution in [2.45, 2.75) is 37.9 Å². The number of rotatable bonds is 7. The van der Waals surface area contributed by atoms with Gasteiger partial charge in [0.25, 0.3) is 17.3 Å². The highest BCUT2D eigenvalue weighted by Gasteiger charge is 2.48. The third-order valence-corrected chi connectivity index (χ3v) is 5.89. The number of aromatic nitrogens is 2. The summed E-state index contributed by atoms with van der Waals surface area (Å²) in [5.41, 5.74) is 1.06. The molecule has 0 spiro atoms. The summed E-state index contributed by atoms with van der Waals surface area (Å²) in [6.07, 6.45) is 1.65. The van der Waals surface area contributed by atoms with Gasteiger partial charge in [0, 0.05) is 30.3 Å². The first-order valence-corrected chi connectivity index (χ1v) is 10.4. The summed E-state index contributed by atoms with van der Waals surface area (Å²) in [5, 5.41) is 27.2. The number of nitro groups is 1. The molecular formula is C22H19N5O6. The second kappa shape index (κ2) is 8.10. The van der Waals surface area contributed by atoms with E-state index in [1.807, 2.05) is 23.1 Å². The monoisotopic (exact) mass is 449 g/mol. The van der Waals surface area contributed by atoms with Gasteiger partial charge in [0.15, 0.2) is 5.95 Å². The first kappa shape index (κ1) is 20.8.